The van der Waals surface area contributed by atoms with Crippen LogP contribution in [0.3, 0.4) is 0 Å². The maximum absolute atomic E-state index is 5.09. The van der Waals surface area contributed by atoms with Crippen molar-refractivity contribution in [2.75, 3.05) is 0 Å². The third kappa shape index (κ3) is 3.03. The monoisotopic (exact) mass is 411 g/mol. The summed E-state index contributed by atoms with van der Waals surface area (Å²) in [5, 5.41) is 0. The largest absolute Gasteiger partial charge is 0.292 e. The minimum absolute atomic E-state index is 0.411. The number of benzene rings is 3. The second-order valence-electron chi connectivity index (χ2n) is 8.39. The minimum Gasteiger partial charge on any atom is -0.292 e. The van der Waals surface area contributed by atoms with Crippen LogP contribution in [0.15, 0.2) is 66.2 Å². The Balaban J connectivity index is 1.89. The number of aromatic nitrogens is 3. The van der Waals surface area contributed by atoms with E-state index in [1.54, 1.807) is 11.3 Å². The van der Waals surface area contributed by atoms with E-state index < -0.39 is 0 Å². The molecule has 0 atom stereocenters. The van der Waals surface area contributed by atoms with Gasteiger partial charge in [-0.05, 0) is 53.3 Å². The van der Waals surface area contributed by atoms with Gasteiger partial charge in [0.1, 0.15) is 5.82 Å². The van der Waals surface area contributed by atoms with Crippen molar-refractivity contribution in [3.63, 3.8) is 0 Å². The maximum Gasteiger partial charge on any atom is 0.145 e. The molecule has 150 valence electrons. The molecule has 0 spiro atoms. The quantitative estimate of drug-likeness (QED) is 0.306. The molecule has 0 N–H and O–H groups in total. The van der Waals surface area contributed by atoms with Crippen LogP contribution in [0.1, 0.15) is 50.7 Å². The van der Waals surface area contributed by atoms with Gasteiger partial charge in [0.25, 0.3) is 0 Å². The first-order valence-corrected chi connectivity index (χ1v) is 11.4. The summed E-state index contributed by atoms with van der Waals surface area (Å²) < 4.78 is 3.57. The Morgan fingerprint density at radius 1 is 0.800 bits per heavy atom. The lowest BCUT2D eigenvalue weighted by molar-refractivity contribution is 0.811. The van der Waals surface area contributed by atoms with Crippen LogP contribution < -0.4 is 0 Å². The van der Waals surface area contributed by atoms with E-state index in [0.717, 1.165) is 27.9 Å². The molecule has 30 heavy (non-hydrogen) atoms. The van der Waals surface area contributed by atoms with Gasteiger partial charge in [-0.3, -0.25) is 4.57 Å². The van der Waals surface area contributed by atoms with Crippen LogP contribution >= 0.6 is 11.3 Å². The highest BCUT2D eigenvalue weighted by Gasteiger charge is 2.22. The van der Waals surface area contributed by atoms with Crippen LogP contribution in [0.5, 0.6) is 0 Å². The number of para-hydroxylation sites is 3. The van der Waals surface area contributed by atoms with Crippen molar-refractivity contribution in [2.24, 2.45) is 0 Å². The van der Waals surface area contributed by atoms with Crippen LogP contribution in [0.2, 0.25) is 0 Å². The summed E-state index contributed by atoms with van der Waals surface area (Å²) in [5.41, 5.74) is 10.1. The van der Waals surface area contributed by atoms with Gasteiger partial charge in [-0.25, -0.2) is 9.97 Å². The third-order valence-electron chi connectivity index (χ3n) is 5.72. The molecule has 0 unspecified atom stereocenters. The van der Waals surface area contributed by atoms with Gasteiger partial charge >= 0.3 is 0 Å². The first-order chi connectivity index (χ1) is 14.5. The molecule has 2 aromatic heterocycles. The first-order valence-electron chi connectivity index (χ1n) is 10.5. The number of nitrogens with zero attached hydrogens (tertiary/aromatic N) is 3. The summed E-state index contributed by atoms with van der Waals surface area (Å²) in [6.07, 6.45) is 0. The standard InChI is InChI=1S/C26H25N3S/c1-16(2)19-8-7-9-20(17(3)4)25(19)29-23-11-6-5-10-21(23)28-26(29)18-12-13-24-22(14-18)27-15-30-24/h5-17H,1-4H3. The molecule has 4 heteroatoms. The number of hydrogen-bond donors (Lipinski definition) is 0. The lowest BCUT2D eigenvalue weighted by Crippen LogP contribution is -2.08. The molecule has 2 heterocycles. The molecule has 0 saturated carbocycles. The molecule has 0 saturated heterocycles. The van der Waals surface area contributed by atoms with Gasteiger partial charge in [0.05, 0.1) is 32.4 Å². The van der Waals surface area contributed by atoms with Crippen LogP contribution in [-0.4, -0.2) is 14.5 Å². The molecule has 3 nitrogen and oxygen atoms in total. The Bertz CT molecular complexity index is 1330. The van der Waals surface area contributed by atoms with E-state index in [4.69, 9.17) is 4.98 Å². The summed E-state index contributed by atoms with van der Waals surface area (Å²) in [6, 6.07) is 21.6. The van der Waals surface area contributed by atoms with Gasteiger partial charge in [0.2, 0.25) is 0 Å². The number of thiazole rings is 1. The topological polar surface area (TPSA) is 30.7 Å². The van der Waals surface area contributed by atoms with Crippen molar-refractivity contribution < 1.29 is 0 Å². The summed E-state index contributed by atoms with van der Waals surface area (Å²) in [7, 11) is 0. The van der Waals surface area contributed by atoms with E-state index in [1.165, 1.54) is 21.5 Å². The highest BCUT2D eigenvalue weighted by molar-refractivity contribution is 7.16. The van der Waals surface area contributed by atoms with Gasteiger partial charge in [0.15, 0.2) is 0 Å². The van der Waals surface area contributed by atoms with E-state index in [1.807, 2.05) is 5.51 Å². The van der Waals surface area contributed by atoms with E-state index in [9.17, 15) is 0 Å². The molecule has 0 fully saturated rings. The van der Waals surface area contributed by atoms with E-state index in [-0.39, 0.29) is 0 Å². The number of fused-ring (bicyclic) bond motifs is 2. The minimum atomic E-state index is 0.411. The van der Waals surface area contributed by atoms with Gasteiger partial charge in [0, 0.05) is 5.56 Å². The smallest absolute Gasteiger partial charge is 0.145 e. The molecule has 0 aliphatic carbocycles. The summed E-state index contributed by atoms with van der Waals surface area (Å²) in [6.45, 7) is 9.07. The average molecular weight is 412 g/mol. The van der Waals surface area contributed by atoms with Crippen molar-refractivity contribution in [2.45, 2.75) is 39.5 Å². The zero-order valence-corrected chi connectivity index (χ0v) is 18.6. The SMILES string of the molecule is CC(C)c1cccc(C(C)C)c1-n1c(-c2ccc3scnc3c2)nc2ccccc21. The normalized spacial score (nSPS) is 11.9. The lowest BCUT2D eigenvalue weighted by atomic mass is 9.92. The summed E-state index contributed by atoms with van der Waals surface area (Å²) >= 11 is 1.67. The number of imidazole rings is 1. The Hall–Kier alpha value is -2.98. The Kier molecular flexibility index (Phi) is 4.67. The van der Waals surface area contributed by atoms with Crippen molar-refractivity contribution in [1.82, 2.24) is 14.5 Å². The molecular formula is C26H25N3S. The van der Waals surface area contributed by atoms with Crippen LogP contribution in [0.25, 0.3) is 38.3 Å². The lowest BCUT2D eigenvalue weighted by Gasteiger charge is -2.22. The van der Waals surface area contributed by atoms with Gasteiger partial charge in [-0.1, -0.05) is 58.0 Å². The Labute approximate surface area is 181 Å². The fraction of sp³-hybridized carbons (Fsp3) is 0.231. The number of hydrogen-bond acceptors (Lipinski definition) is 3. The second kappa shape index (κ2) is 7.37. The van der Waals surface area contributed by atoms with Gasteiger partial charge < -0.3 is 0 Å². The zero-order valence-electron chi connectivity index (χ0n) is 17.8. The summed E-state index contributed by atoms with van der Waals surface area (Å²) in [5.74, 6) is 1.79. The van der Waals surface area contributed by atoms with Crippen LogP contribution in [0, 0.1) is 0 Å². The highest BCUT2D eigenvalue weighted by Crippen LogP contribution is 2.37. The molecule has 5 aromatic rings. The van der Waals surface area contributed by atoms with Gasteiger partial charge in [-0.15, -0.1) is 11.3 Å². The first kappa shape index (κ1) is 19.0. The second-order valence-corrected chi connectivity index (χ2v) is 9.28. The molecular weight excluding hydrogens is 386 g/mol. The maximum atomic E-state index is 5.09. The zero-order chi connectivity index (χ0) is 20.8. The third-order valence-corrected chi connectivity index (χ3v) is 6.53. The van der Waals surface area contributed by atoms with E-state index >= 15 is 0 Å². The van der Waals surface area contributed by atoms with E-state index in [2.05, 4.69) is 97.9 Å². The predicted molar refractivity (Wildman–Crippen MR) is 128 cm³/mol. The molecule has 0 radical (unpaired) electrons. The Morgan fingerprint density at radius 3 is 2.27 bits per heavy atom. The van der Waals surface area contributed by atoms with Crippen LogP contribution in [-0.2, 0) is 0 Å². The van der Waals surface area contributed by atoms with Crippen molar-refractivity contribution in [1.29, 1.82) is 0 Å². The summed E-state index contributed by atoms with van der Waals surface area (Å²) in [4.78, 5) is 9.62. The highest BCUT2D eigenvalue weighted by atomic mass is 32.1. The molecule has 0 amide bonds. The fourth-order valence-electron chi connectivity index (χ4n) is 4.21. The fourth-order valence-corrected chi connectivity index (χ4v) is 4.87. The number of rotatable bonds is 4. The van der Waals surface area contributed by atoms with Crippen molar-refractivity contribution in [3.8, 4) is 17.1 Å². The molecule has 0 aliphatic rings. The molecule has 0 aliphatic heterocycles. The van der Waals surface area contributed by atoms with Crippen molar-refractivity contribution >= 4 is 32.6 Å². The molecule has 3 aromatic carbocycles. The Morgan fingerprint density at radius 2 is 1.53 bits per heavy atom. The molecule has 5 rings (SSSR count). The predicted octanol–water partition coefficient (Wildman–Crippen LogP) is 7.55. The molecule has 0 bridgehead atoms. The van der Waals surface area contributed by atoms with Gasteiger partial charge in [-0.2, -0.15) is 0 Å². The van der Waals surface area contributed by atoms with E-state index in [0.29, 0.717) is 11.8 Å². The van der Waals surface area contributed by atoms with Crippen molar-refractivity contribution in [3.05, 3.63) is 77.3 Å². The average Bonchev–Trinajstić information content (AvgIpc) is 3.36. The van der Waals surface area contributed by atoms with Crippen LogP contribution in [0.4, 0.5) is 0 Å².